The second-order valence-electron chi connectivity index (χ2n) is 2.21. The Labute approximate surface area is 61.6 Å². The molecule has 11 heavy (non-hydrogen) atoms. The highest BCUT2D eigenvalue weighted by Gasteiger charge is 2.03. The molecule has 0 fully saturated rings. The van der Waals surface area contributed by atoms with Crippen LogP contribution in [0.5, 0.6) is 0 Å². The van der Waals surface area contributed by atoms with Gasteiger partial charge in [0, 0.05) is 6.07 Å². The molecule has 0 radical (unpaired) electrons. The van der Waals surface area contributed by atoms with Crippen LogP contribution in [0.1, 0.15) is 0 Å². The number of rotatable bonds is 0. The number of hydrogen-bond donors (Lipinski definition) is 1. The van der Waals surface area contributed by atoms with E-state index in [0.29, 0.717) is 16.8 Å². The van der Waals surface area contributed by atoms with Crippen molar-refractivity contribution in [3.8, 4) is 0 Å². The average Bonchev–Trinajstić information content (AvgIpc) is 2.32. The normalized spacial score (nSPS) is 10.6. The fourth-order valence-electron chi connectivity index (χ4n) is 0.931. The molecule has 0 atom stereocenters. The molecule has 0 aliphatic heterocycles. The zero-order valence-electron chi connectivity index (χ0n) is 5.54. The largest absolute Gasteiger partial charge is 0.380 e. The maximum absolute atomic E-state index is 12.5. The van der Waals surface area contributed by atoms with Crippen LogP contribution in [0.2, 0.25) is 0 Å². The summed E-state index contributed by atoms with van der Waals surface area (Å²) in [6, 6.07) is 4.10. The molecule has 2 aromatic rings. The average molecular weight is 152 g/mol. The summed E-state index contributed by atoms with van der Waals surface area (Å²) in [6.45, 7) is 0. The van der Waals surface area contributed by atoms with Gasteiger partial charge in [-0.3, -0.25) is 0 Å². The summed E-state index contributed by atoms with van der Waals surface area (Å²) >= 11 is 0. The van der Waals surface area contributed by atoms with Crippen molar-refractivity contribution in [2.45, 2.75) is 0 Å². The van der Waals surface area contributed by atoms with Gasteiger partial charge in [0.05, 0.1) is 5.39 Å². The van der Waals surface area contributed by atoms with Crippen LogP contribution in [0, 0.1) is 5.82 Å². The van der Waals surface area contributed by atoms with Gasteiger partial charge in [-0.2, -0.15) is 0 Å². The fourth-order valence-corrected chi connectivity index (χ4v) is 0.931. The lowest BCUT2D eigenvalue weighted by Gasteiger charge is -1.86. The molecular formula is C7H5FN2O. The monoisotopic (exact) mass is 152 g/mol. The van der Waals surface area contributed by atoms with Crippen LogP contribution in [0.4, 0.5) is 10.2 Å². The van der Waals surface area contributed by atoms with E-state index in [4.69, 9.17) is 10.3 Å². The SMILES string of the molecule is Nc1noc2cc(F)ccc12. The minimum atomic E-state index is -0.353. The maximum Gasteiger partial charge on any atom is 0.174 e. The summed E-state index contributed by atoms with van der Waals surface area (Å²) < 4.78 is 17.2. The molecular weight excluding hydrogens is 147 g/mol. The first-order valence-electron chi connectivity index (χ1n) is 3.08. The Morgan fingerprint density at radius 2 is 2.27 bits per heavy atom. The number of fused-ring (bicyclic) bond motifs is 1. The molecule has 1 aromatic carbocycles. The Hall–Kier alpha value is -1.58. The summed E-state index contributed by atoms with van der Waals surface area (Å²) in [4.78, 5) is 0. The van der Waals surface area contributed by atoms with Crippen molar-refractivity contribution < 1.29 is 8.91 Å². The third-order valence-corrected chi connectivity index (χ3v) is 1.46. The standard InChI is InChI=1S/C7H5FN2O/c8-4-1-2-5-6(3-4)11-10-7(5)9/h1-3H,(H2,9,10). The van der Waals surface area contributed by atoms with E-state index in [9.17, 15) is 4.39 Å². The quantitative estimate of drug-likeness (QED) is 0.623. The van der Waals surface area contributed by atoms with Crippen LogP contribution in [-0.2, 0) is 0 Å². The first-order valence-corrected chi connectivity index (χ1v) is 3.08. The van der Waals surface area contributed by atoms with E-state index in [1.54, 1.807) is 0 Å². The molecule has 0 amide bonds. The topological polar surface area (TPSA) is 52.0 Å². The molecule has 0 saturated carbocycles. The van der Waals surface area contributed by atoms with Crippen molar-refractivity contribution in [1.29, 1.82) is 0 Å². The zero-order valence-corrected chi connectivity index (χ0v) is 5.54. The number of benzene rings is 1. The smallest absolute Gasteiger partial charge is 0.174 e. The number of anilines is 1. The molecule has 4 heteroatoms. The highest BCUT2D eigenvalue weighted by molar-refractivity contribution is 5.86. The van der Waals surface area contributed by atoms with E-state index < -0.39 is 0 Å². The van der Waals surface area contributed by atoms with Crippen molar-refractivity contribution in [2.24, 2.45) is 0 Å². The predicted molar refractivity (Wildman–Crippen MR) is 38.4 cm³/mol. The molecule has 0 aliphatic carbocycles. The fraction of sp³-hybridized carbons (Fsp3) is 0. The van der Waals surface area contributed by atoms with Crippen LogP contribution >= 0.6 is 0 Å². The van der Waals surface area contributed by atoms with Crippen molar-refractivity contribution >= 4 is 16.8 Å². The molecule has 56 valence electrons. The number of nitrogens with two attached hydrogens (primary N) is 1. The highest BCUT2D eigenvalue weighted by Crippen LogP contribution is 2.20. The second-order valence-corrected chi connectivity index (χ2v) is 2.21. The Bertz CT molecular complexity index is 396. The Balaban J connectivity index is 2.86. The van der Waals surface area contributed by atoms with Gasteiger partial charge in [-0.1, -0.05) is 5.16 Å². The molecule has 0 spiro atoms. The third kappa shape index (κ3) is 0.832. The first-order chi connectivity index (χ1) is 5.27. The minimum Gasteiger partial charge on any atom is -0.380 e. The van der Waals surface area contributed by atoms with Gasteiger partial charge in [0.1, 0.15) is 5.82 Å². The number of nitrogens with zero attached hydrogens (tertiary/aromatic N) is 1. The van der Waals surface area contributed by atoms with Crippen molar-refractivity contribution in [3.05, 3.63) is 24.0 Å². The molecule has 3 nitrogen and oxygen atoms in total. The summed E-state index contributed by atoms with van der Waals surface area (Å²) in [6.07, 6.45) is 0. The van der Waals surface area contributed by atoms with Gasteiger partial charge in [0.15, 0.2) is 11.4 Å². The number of aromatic nitrogens is 1. The lowest BCUT2D eigenvalue weighted by Crippen LogP contribution is -1.82. The van der Waals surface area contributed by atoms with Gasteiger partial charge in [-0.05, 0) is 12.1 Å². The molecule has 2 rings (SSSR count). The Kier molecular flexibility index (Phi) is 1.09. The number of halogens is 1. The summed E-state index contributed by atoms with van der Waals surface area (Å²) in [5.74, 6) is -0.0614. The van der Waals surface area contributed by atoms with Crippen molar-refractivity contribution in [3.63, 3.8) is 0 Å². The van der Waals surface area contributed by atoms with Gasteiger partial charge < -0.3 is 10.3 Å². The Morgan fingerprint density at radius 3 is 3.09 bits per heavy atom. The van der Waals surface area contributed by atoms with E-state index in [1.807, 2.05) is 0 Å². The van der Waals surface area contributed by atoms with E-state index in [2.05, 4.69) is 5.16 Å². The van der Waals surface area contributed by atoms with Gasteiger partial charge in [-0.25, -0.2) is 4.39 Å². The van der Waals surface area contributed by atoms with E-state index >= 15 is 0 Å². The van der Waals surface area contributed by atoms with E-state index in [-0.39, 0.29) is 5.82 Å². The maximum atomic E-state index is 12.5. The van der Waals surface area contributed by atoms with Gasteiger partial charge in [-0.15, -0.1) is 0 Å². The Morgan fingerprint density at radius 1 is 1.45 bits per heavy atom. The lowest BCUT2D eigenvalue weighted by atomic mass is 10.2. The molecule has 0 unspecified atom stereocenters. The van der Waals surface area contributed by atoms with Gasteiger partial charge in [0.25, 0.3) is 0 Å². The molecule has 0 bridgehead atoms. The van der Waals surface area contributed by atoms with Crippen LogP contribution in [0.25, 0.3) is 11.0 Å². The van der Waals surface area contributed by atoms with Crippen molar-refractivity contribution in [1.82, 2.24) is 5.16 Å². The molecule has 1 aromatic heterocycles. The minimum absolute atomic E-state index is 0.292. The molecule has 2 N–H and O–H groups in total. The van der Waals surface area contributed by atoms with Gasteiger partial charge in [0.2, 0.25) is 0 Å². The van der Waals surface area contributed by atoms with E-state index in [0.717, 1.165) is 0 Å². The third-order valence-electron chi connectivity index (χ3n) is 1.46. The summed E-state index contributed by atoms with van der Waals surface area (Å²) in [7, 11) is 0. The van der Waals surface area contributed by atoms with E-state index in [1.165, 1.54) is 18.2 Å². The first kappa shape index (κ1) is 6.15. The van der Waals surface area contributed by atoms with Crippen molar-refractivity contribution in [2.75, 3.05) is 5.73 Å². The van der Waals surface area contributed by atoms with Gasteiger partial charge >= 0.3 is 0 Å². The van der Waals surface area contributed by atoms with Crippen LogP contribution < -0.4 is 5.73 Å². The number of nitrogen functional groups attached to an aromatic ring is 1. The molecule has 1 heterocycles. The zero-order chi connectivity index (χ0) is 7.84. The molecule has 0 saturated heterocycles. The van der Waals surface area contributed by atoms with Crippen LogP contribution in [-0.4, -0.2) is 5.16 Å². The summed E-state index contributed by atoms with van der Waals surface area (Å²) in [5.41, 5.74) is 5.78. The predicted octanol–water partition coefficient (Wildman–Crippen LogP) is 1.55. The number of hydrogen-bond acceptors (Lipinski definition) is 3. The van der Waals surface area contributed by atoms with Crippen LogP contribution in [0.15, 0.2) is 22.7 Å². The lowest BCUT2D eigenvalue weighted by molar-refractivity contribution is 0.458. The molecule has 0 aliphatic rings. The van der Waals surface area contributed by atoms with Crippen LogP contribution in [0.3, 0.4) is 0 Å². The summed E-state index contributed by atoms with van der Waals surface area (Å²) in [5, 5.41) is 4.12. The highest BCUT2D eigenvalue weighted by atomic mass is 19.1. The second kappa shape index (κ2) is 1.95.